The van der Waals surface area contributed by atoms with Crippen molar-refractivity contribution in [1.82, 2.24) is 5.32 Å². The lowest BCUT2D eigenvalue weighted by molar-refractivity contribution is -0.117. The molecule has 4 heteroatoms. The Balaban J connectivity index is 1.63. The molecule has 1 aliphatic heterocycles. The number of carbonyl (C=O) groups excluding carboxylic acids is 1. The molecule has 2 aliphatic rings. The van der Waals surface area contributed by atoms with E-state index in [-0.39, 0.29) is 11.9 Å². The molecule has 1 saturated heterocycles. The summed E-state index contributed by atoms with van der Waals surface area (Å²) >= 11 is 0. The highest BCUT2D eigenvalue weighted by molar-refractivity contribution is 5.92. The van der Waals surface area contributed by atoms with E-state index in [1.807, 2.05) is 12.1 Å². The Hall–Kier alpha value is -1.39. The van der Waals surface area contributed by atoms with Crippen LogP contribution in [0.2, 0.25) is 0 Å². The standard InChI is InChI=1S/C16H22N2O2/c19-16(10-13-11-20-9-8-17-13)18-15-7-3-5-12-4-1-2-6-14(12)15/h3,5,7,13,17H,1-2,4,6,8-11H2,(H,18,19)/t13-/m0/s1. The first kappa shape index (κ1) is 13.6. The van der Waals surface area contributed by atoms with E-state index in [4.69, 9.17) is 4.74 Å². The lowest BCUT2D eigenvalue weighted by Crippen LogP contribution is -2.43. The number of fused-ring (bicyclic) bond motifs is 1. The molecule has 20 heavy (non-hydrogen) atoms. The third-order valence-corrected chi connectivity index (χ3v) is 4.10. The first-order chi connectivity index (χ1) is 9.83. The summed E-state index contributed by atoms with van der Waals surface area (Å²) in [7, 11) is 0. The van der Waals surface area contributed by atoms with E-state index in [2.05, 4.69) is 16.7 Å². The van der Waals surface area contributed by atoms with Crippen LogP contribution in [-0.4, -0.2) is 31.7 Å². The number of ether oxygens (including phenoxy) is 1. The molecule has 1 fully saturated rings. The van der Waals surface area contributed by atoms with Gasteiger partial charge < -0.3 is 15.4 Å². The van der Waals surface area contributed by atoms with Crippen LogP contribution in [0, 0.1) is 0 Å². The van der Waals surface area contributed by atoms with Crippen molar-refractivity contribution < 1.29 is 9.53 Å². The van der Waals surface area contributed by atoms with Crippen LogP contribution < -0.4 is 10.6 Å². The number of hydrogen-bond donors (Lipinski definition) is 2. The van der Waals surface area contributed by atoms with Crippen LogP contribution in [0.5, 0.6) is 0 Å². The van der Waals surface area contributed by atoms with Crippen LogP contribution in [0.15, 0.2) is 18.2 Å². The Morgan fingerprint density at radius 2 is 2.25 bits per heavy atom. The second-order valence-electron chi connectivity index (χ2n) is 5.63. The molecule has 0 bridgehead atoms. The van der Waals surface area contributed by atoms with Gasteiger partial charge in [0.15, 0.2) is 0 Å². The van der Waals surface area contributed by atoms with E-state index >= 15 is 0 Å². The number of morpholine rings is 1. The zero-order chi connectivity index (χ0) is 13.8. The highest BCUT2D eigenvalue weighted by atomic mass is 16.5. The molecule has 0 radical (unpaired) electrons. The molecule has 1 heterocycles. The molecule has 1 aliphatic carbocycles. The number of anilines is 1. The monoisotopic (exact) mass is 274 g/mol. The molecule has 108 valence electrons. The number of aryl methyl sites for hydroxylation is 1. The second-order valence-corrected chi connectivity index (χ2v) is 5.63. The van der Waals surface area contributed by atoms with Crippen molar-refractivity contribution in [3.63, 3.8) is 0 Å². The molecule has 4 nitrogen and oxygen atoms in total. The summed E-state index contributed by atoms with van der Waals surface area (Å²) in [6.07, 6.45) is 5.17. The topological polar surface area (TPSA) is 50.4 Å². The van der Waals surface area contributed by atoms with Gasteiger partial charge in [0.05, 0.1) is 13.2 Å². The number of carbonyl (C=O) groups is 1. The van der Waals surface area contributed by atoms with Crippen molar-refractivity contribution in [1.29, 1.82) is 0 Å². The predicted molar refractivity (Wildman–Crippen MR) is 78.9 cm³/mol. The highest BCUT2D eigenvalue weighted by Gasteiger charge is 2.19. The first-order valence-electron chi connectivity index (χ1n) is 7.54. The molecule has 0 aromatic heterocycles. The molecular formula is C16H22N2O2. The Kier molecular flexibility index (Phi) is 4.33. The normalized spacial score (nSPS) is 22.1. The highest BCUT2D eigenvalue weighted by Crippen LogP contribution is 2.27. The molecule has 0 unspecified atom stereocenters. The van der Waals surface area contributed by atoms with Crippen LogP contribution >= 0.6 is 0 Å². The molecule has 1 aromatic rings. The number of nitrogens with one attached hydrogen (secondary N) is 2. The Bertz CT molecular complexity index is 481. The van der Waals surface area contributed by atoms with Gasteiger partial charge in [-0.15, -0.1) is 0 Å². The Morgan fingerprint density at radius 3 is 3.10 bits per heavy atom. The minimum atomic E-state index is 0.0759. The minimum absolute atomic E-state index is 0.0759. The fraction of sp³-hybridized carbons (Fsp3) is 0.562. The predicted octanol–water partition coefficient (Wildman–Crippen LogP) is 1.88. The maximum Gasteiger partial charge on any atom is 0.226 e. The molecule has 0 saturated carbocycles. The number of hydrogen-bond acceptors (Lipinski definition) is 3. The van der Waals surface area contributed by atoms with E-state index in [0.717, 1.165) is 31.7 Å². The van der Waals surface area contributed by atoms with Gasteiger partial charge in [-0.1, -0.05) is 12.1 Å². The number of benzene rings is 1. The number of rotatable bonds is 3. The fourth-order valence-corrected chi connectivity index (χ4v) is 3.07. The summed E-state index contributed by atoms with van der Waals surface area (Å²) in [5.41, 5.74) is 3.73. The molecule has 1 aromatic carbocycles. The van der Waals surface area contributed by atoms with E-state index in [0.29, 0.717) is 13.0 Å². The van der Waals surface area contributed by atoms with Gasteiger partial charge in [0.1, 0.15) is 0 Å². The smallest absolute Gasteiger partial charge is 0.226 e. The third-order valence-electron chi connectivity index (χ3n) is 4.10. The van der Waals surface area contributed by atoms with E-state index in [9.17, 15) is 4.79 Å². The van der Waals surface area contributed by atoms with Crippen LogP contribution in [-0.2, 0) is 22.4 Å². The Morgan fingerprint density at radius 1 is 1.35 bits per heavy atom. The van der Waals surface area contributed by atoms with E-state index in [1.54, 1.807) is 0 Å². The van der Waals surface area contributed by atoms with Crippen molar-refractivity contribution in [2.24, 2.45) is 0 Å². The van der Waals surface area contributed by atoms with Crippen LogP contribution in [0.3, 0.4) is 0 Å². The van der Waals surface area contributed by atoms with Crippen LogP contribution in [0.4, 0.5) is 5.69 Å². The van der Waals surface area contributed by atoms with Crippen molar-refractivity contribution >= 4 is 11.6 Å². The average molecular weight is 274 g/mol. The van der Waals surface area contributed by atoms with Gasteiger partial charge in [0.2, 0.25) is 5.91 Å². The Labute approximate surface area is 119 Å². The van der Waals surface area contributed by atoms with Gasteiger partial charge in [-0.3, -0.25) is 4.79 Å². The van der Waals surface area contributed by atoms with Gasteiger partial charge in [0, 0.05) is 24.7 Å². The van der Waals surface area contributed by atoms with Crippen molar-refractivity contribution in [2.45, 2.75) is 38.1 Å². The van der Waals surface area contributed by atoms with E-state index < -0.39 is 0 Å². The second kappa shape index (κ2) is 6.37. The lowest BCUT2D eigenvalue weighted by atomic mass is 9.90. The quantitative estimate of drug-likeness (QED) is 0.885. The van der Waals surface area contributed by atoms with Gasteiger partial charge in [-0.25, -0.2) is 0 Å². The summed E-state index contributed by atoms with van der Waals surface area (Å²) < 4.78 is 5.38. The van der Waals surface area contributed by atoms with Crippen LogP contribution in [0.1, 0.15) is 30.4 Å². The molecular weight excluding hydrogens is 252 g/mol. The van der Waals surface area contributed by atoms with Gasteiger partial charge in [0.25, 0.3) is 0 Å². The number of amides is 1. The minimum Gasteiger partial charge on any atom is -0.378 e. The van der Waals surface area contributed by atoms with Gasteiger partial charge in [-0.05, 0) is 42.9 Å². The molecule has 1 amide bonds. The third kappa shape index (κ3) is 3.19. The average Bonchev–Trinajstić information content (AvgIpc) is 2.48. The maximum atomic E-state index is 12.2. The summed E-state index contributed by atoms with van der Waals surface area (Å²) in [6.45, 7) is 2.20. The van der Waals surface area contributed by atoms with Crippen molar-refractivity contribution in [2.75, 3.05) is 25.1 Å². The lowest BCUT2D eigenvalue weighted by Gasteiger charge is -2.24. The molecule has 2 N–H and O–H groups in total. The van der Waals surface area contributed by atoms with E-state index in [1.165, 1.54) is 24.0 Å². The summed E-state index contributed by atoms with van der Waals surface area (Å²) in [6, 6.07) is 6.39. The largest absolute Gasteiger partial charge is 0.378 e. The van der Waals surface area contributed by atoms with Crippen LogP contribution in [0.25, 0.3) is 0 Å². The first-order valence-corrected chi connectivity index (χ1v) is 7.54. The summed E-state index contributed by atoms with van der Waals surface area (Å²) in [5.74, 6) is 0.0759. The molecule has 3 rings (SSSR count). The summed E-state index contributed by atoms with van der Waals surface area (Å²) in [4.78, 5) is 12.2. The molecule has 1 atom stereocenters. The zero-order valence-corrected chi connectivity index (χ0v) is 11.8. The van der Waals surface area contributed by atoms with Crippen molar-refractivity contribution in [3.8, 4) is 0 Å². The zero-order valence-electron chi connectivity index (χ0n) is 11.8. The molecule has 0 spiro atoms. The summed E-state index contributed by atoms with van der Waals surface area (Å²) in [5, 5.41) is 6.40. The van der Waals surface area contributed by atoms with Gasteiger partial charge in [-0.2, -0.15) is 0 Å². The SMILES string of the molecule is O=C(C[C@H]1COCCN1)Nc1cccc2c1CCCC2. The maximum absolute atomic E-state index is 12.2. The fourth-order valence-electron chi connectivity index (χ4n) is 3.07. The van der Waals surface area contributed by atoms with Crippen molar-refractivity contribution in [3.05, 3.63) is 29.3 Å². The van der Waals surface area contributed by atoms with Gasteiger partial charge >= 0.3 is 0 Å².